The van der Waals surface area contributed by atoms with Gasteiger partial charge in [-0.15, -0.1) is 0 Å². The minimum absolute atomic E-state index is 0.163. The lowest BCUT2D eigenvalue weighted by molar-refractivity contribution is 0.0951. The van der Waals surface area contributed by atoms with E-state index in [9.17, 15) is 9.59 Å². The molecule has 2 aromatic carbocycles. The maximum atomic E-state index is 12.0. The van der Waals surface area contributed by atoms with Crippen LogP contribution in [0.2, 0.25) is 5.02 Å². The first-order valence-electron chi connectivity index (χ1n) is 6.69. The molecule has 4 N–H and O–H groups in total. The van der Waals surface area contributed by atoms with Gasteiger partial charge < -0.3 is 16.4 Å². The molecule has 0 saturated carbocycles. The molecule has 0 aliphatic heterocycles. The molecule has 2 rings (SSSR count). The van der Waals surface area contributed by atoms with Crippen LogP contribution in [0.1, 0.15) is 21.5 Å². The Morgan fingerprint density at radius 2 is 1.36 bits per heavy atom. The third-order valence-corrected chi connectivity index (χ3v) is 3.30. The zero-order valence-corrected chi connectivity index (χ0v) is 12.6. The zero-order chi connectivity index (χ0) is 15.9. The van der Waals surface area contributed by atoms with Crippen LogP contribution in [0.4, 0.5) is 4.79 Å². The smallest absolute Gasteiger partial charge is 0.312 e. The molecule has 114 valence electrons. The third-order valence-electron chi connectivity index (χ3n) is 3.05. The van der Waals surface area contributed by atoms with E-state index in [1.165, 1.54) is 0 Å². The van der Waals surface area contributed by atoms with Gasteiger partial charge in [-0.25, -0.2) is 4.79 Å². The van der Waals surface area contributed by atoms with E-state index in [4.69, 9.17) is 17.3 Å². The van der Waals surface area contributed by atoms with Gasteiger partial charge in [0.15, 0.2) is 0 Å². The van der Waals surface area contributed by atoms with Crippen molar-refractivity contribution < 1.29 is 9.59 Å². The largest absolute Gasteiger partial charge is 0.352 e. The lowest BCUT2D eigenvalue weighted by Gasteiger charge is -2.07. The summed E-state index contributed by atoms with van der Waals surface area (Å²) in [6.07, 6.45) is 0. The fourth-order valence-corrected chi connectivity index (χ4v) is 1.98. The minimum atomic E-state index is -0.579. The number of amides is 3. The number of carbonyl (C=O) groups excluding carboxylic acids is 2. The van der Waals surface area contributed by atoms with Crippen LogP contribution in [-0.4, -0.2) is 11.9 Å². The van der Waals surface area contributed by atoms with Crippen molar-refractivity contribution in [3.8, 4) is 0 Å². The highest BCUT2D eigenvalue weighted by Gasteiger charge is 2.05. The first-order chi connectivity index (χ1) is 10.5. The predicted octanol–water partition coefficient (Wildman–Crippen LogP) is 2.44. The van der Waals surface area contributed by atoms with Gasteiger partial charge >= 0.3 is 6.03 Å². The van der Waals surface area contributed by atoms with E-state index in [2.05, 4.69) is 10.6 Å². The zero-order valence-electron chi connectivity index (χ0n) is 11.8. The molecule has 0 heterocycles. The van der Waals surface area contributed by atoms with Gasteiger partial charge in [-0.3, -0.25) is 4.79 Å². The number of primary amides is 1. The molecule has 0 atom stereocenters. The van der Waals surface area contributed by atoms with Crippen molar-refractivity contribution in [1.29, 1.82) is 0 Å². The van der Waals surface area contributed by atoms with Crippen molar-refractivity contribution in [2.45, 2.75) is 13.1 Å². The normalized spacial score (nSPS) is 10.0. The third kappa shape index (κ3) is 4.79. The van der Waals surface area contributed by atoms with Gasteiger partial charge in [-0.2, -0.15) is 0 Å². The Kier molecular flexibility index (Phi) is 5.38. The second-order valence-electron chi connectivity index (χ2n) is 4.72. The Morgan fingerprint density at radius 1 is 0.864 bits per heavy atom. The van der Waals surface area contributed by atoms with Crippen molar-refractivity contribution in [3.63, 3.8) is 0 Å². The summed E-state index contributed by atoms with van der Waals surface area (Å²) < 4.78 is 0. The van der Waals surface area contributed by atoms with Crippen molar-refractivity contribution in [2.75, 3.05) is 0 Å². The van der Waals surface area contributed by atoms with Crippen LogP contribution in [0.5, 0.6) is 0 Å². The van der Waals surface area contributed by atoms with Crippen molar-refractivity contribution >= 4 is 23.5 Å². The van der Waals surface area contributed by atoms with Crippen molar-refractivity contribution in [1.82, 2.24) is 10.6 Å². The Bertz CT molecular complexity index is 654. The van der Waals surface area contributed by atoms with Gasteiger partial charge in [-0.1, -0.05) is 35.9 Å². The first kappa shape index (κ1) is 15.9. The number of halogens is 1. The molecule has 2 aromatic rings. The maximum absolute atomic E-state index is 12.0. The van der Waals surface area contributed by atoms with Gasteiger partial charge in [-0.05, 0) is 35.4 Å². The number of nitrogens with one attached hydrogen (secondary N) is 2. The minimum Gasteiger partial charge on any atom is -0.352 e. The molecule has 5 nitrogen and oxygen atoms in total. The van der Waals surface area contributed by atoms with Crippen LogP contribution in [0.25, 0.3) is 0 Å². The molecule has 0 unspecified atom stereocenters. The van der Waals surface area contributed by atoms with Crippen molar-refractivity contribution in [2.24, 2.45) is 5.73 Å². The summed E-state index contributed by atoms with van der Waals surface area (Å²) >= 11 is 5.81. The van der Waals surface area contributed by atoms with Crippen molar-refractivity contribution in [3.05, 3.63) is 70.2 Å². The van der Waals surface area contributed by atoms with E-state index in [0.717, 1.165) is 11.1 Å². The maximum Gasteiger partial charge on any atom is 0.312 e. The molecule has 0 fully saturated rings. The molecule has 0 radical (unpaired) electrons. The second-order valence-corrected chi connectivity index (χ2v) is 5.16. The van der Waals surface area contributed by atoms with E-state index in [-0.39, 0.29) is 5.91 Å². The van der Waals surface area contributed by atoms with Crippen LogP contribution in [0.15, 0.2) is 48.5 Å². The van der Waals surface area contributed by atoms with Crippen LogP contribution in [-0.2, 0) is 13.1 Å². The van der Waals surface area contributed by atoms with Gasteiger partial charge in [0.25, 0.3) is 5.91 Å². The predicted molar refractivity (Wildman–Crippen MR) is 85.5 cm³/mol. The highest BCUT2D eigenvalue weighted by atomic mass is 35.5. The number of carbonyl (C=O) groups is 2. The molecule has 0 aliphatic carbocycles. The van der Waals surface area contributed by atoms with Crippen LogP contribution >= 0.6 is 11.6 Å². The fraction of sp³-hybridized carbons (Fsp3) is 0.125. The summed E-state index contributed by atoms with van der Waals surface area (Å²) in [5.74, 6) is -0.163. The summed E-state index contributed by atoms with van der Waals surface area (Å²) in [6.45, 7) is 0.767. The van der Waals surface area contributed by atoms with Gasteiger partial charge in [0.05, 0.1) is 0 Å². The SMILES string of the molecule is NC(=O)NCc1ccc(C(=O)NCc2ccc(Cl)cc2)cc1. The number of nitrogens with two attached hydrogens (primary N) is 1. The highest BCUT2D eigenvalue weighted by Crippen LogP contribution is 2.10. The first-order valence-corrected chi connectivity index (χ1v) is 7.07. The monoisotopic (exact) mass is 317 g/mol. The number of hydrogen-bond acceptors (Lipinski definition) is 2. The molecule has 0 saturated heterocycles. The molecule has 0 spiro atoms. The van der Waals surface area contributed by atoms with Gasteiger partial charge in [0.2, 0.25) is 0 Å². The summed E-state index contributed by atoms with van der Waals surface area (Å²) in [5, 5.41) is 5.98. The number of rotatable bonds is 5. The Morgan fingerprint density at radius 3 is 1.91 bits per heavy atom. The fourth-order valence-electron chi connectivity index (χ4n) is 1.85. The lowest BCUT2D eigenvalue weighted by Crippen LogP contribution is -2.28. The van der Waals surface area contributed by atoms with E-state index < -0.39 is 6.03 Å². The van der Waals surface area contributed by atoms with Gasteiger partial charge in [0, 0.05) is 23.7 Å². The molecule has 3 amide bonds. The average molecular weight is 318 g/mol. The molecule has 22 heavy (non-hydrogen) atoms. The van der Waals surface area contributed by atoms with E-state index >= 15 is 0 Å². The number of urea groups is 1. The van der Waals surface area contributed by atoms with E-state index in [0.29, 0.717) is 23.7 Å². The quantitative estimate of drug-likeness (QED) is 0.791. The summed E-state index contributed by atoms with van der Waals surface area (Å²) in [4.78, 5) is 22.7. The lowest BCUT2D eigenvalue weighted by atomic mass is 10.1. The Balaban J connectivity index is 1.89. The van der Waals surface area contributed by atoms with E-state index in [1.807, 2.05) is 12.1 Å². The standard InChI is InChI=1S/C16H16ClN3O2/c17-14-7-3-12(4-8-14)9-19-15(21)13-5-1-11(2-6-13)10-20-16(18)22/h1-8H,9-10H2,(H,19,21)(H3,18,20,22). The molecule has 0 aliphatic rings. The molecule has 6 heteroatoms. The average Bonchev–Trinajstić information content (AvgIpc) is 2.52. The molecule has 0 bridgehead atoms. The van der Waals surface area contributed by atoms with Crippen LogP contribution in [0.3, 0.4) is 0 Å². The summed E-state index contributed by atoms with van der Waals surface area (Å²) in [7, 11) is 0. The molecule has 0 aromatic heterocycles. The second kappa shape index (κ2) is 7.47. The highest BCUT2D eigenvalue weighted by molar-refractivity contribution is 6.30. The van der Waals surface area contributed by atoms with Crippen LogP contribution in [0, 0.1) is 0 Å². The Labute approximate surface area is 133 Å². The molecular weight excluding hydrogens is 302 g/mol. The number of hydrogen-bond donors (Lipinski definition) is 3. The summed E-state index contributed by atoms with van der Waals surface area (Å²) in [5.41, 5.74) is 7.39. The topological polar surface area (TPSA) is 84.2 Å². The number of benzene rings is 2. The Hall–Kier alpha value is -2.53. The van der Waals surface area contributed by atoms with Gasteiger partial charge in [0.1, 0.15) is 0 Å². The van der Waals surface area contributed by atoms with E-state index in [1.54, 1.807) is 36.4 Å². The summed E-state index contributed by atoms with van der Waals surface area (Å²) in [6, 6.07) is 13.7. The molecular formula is C16H16ClN3O2. The van der Waals surface area contributed by atoms with Crippen LogP contribution < -0.4 is 16.4 Å².